The number of hydrogen-bond acceptors (Lipinski definition) is 6. The van der Waals surface area contributed by atoms with Gasteiger partial charge in [-0.25, -0.2) is 0 Å². The molecule has 1 atom stereocenters. The van der Waals surface area contributed by atoms with E-state index in [1.165, 1.54) is 7.11 Å². The molecule has 7 nitrogen and oxygen atoms in total. The van der Waals surface area contributed by atoms with Crippen molar-refractivity contribution >= 4 is 32.8 Å². The van der Waals surface area contributed by atoms with Gasteiger partial charge in [0.05, 0.1) is 28.6 Å². The molecule has 0 bridgehead atoms. The number of nitrogens with zero attached hydrogens (tertiary/aromatic N) is 2. The number of phenolic OH excluding ortho intramolecular Hbond substituents is 1. The molecule has 0 radical (unpaired) electrons. The maximum atomic E-state index is 13.4. The fourth-order valence-corrected chi connectivity index (χ4v) is 4.47. The van der Waals surface area contributed by atoms with Gasteiger partial charge in [0.2, 0.25) is 5.76 Å². The van der Waals surface area contributed by atoms with Crippen molar-refractivity contribution in [2.45, 2.75) is 12.5 Å². The first-order valence-corrected chi connectivity index (χ1v) is 10.7. The monoisotopic (exact) mass is 486 g/mol. The van der Waals surface area contributed by atoms with Crippen molar-refractivity contribution in [3.63, 3.8) is 0 Å². The number of rotatable bonds is 6. The van der Waals surface area contributed by atoms with E-state index in [1.807, 2.05) is 19.0 Å². The van der Waals surface area contributed by atoms with Crippen LogP contribution in [0, 0.1) is 0 Å². The van der Waals surface area contributed by atoms with E-state index in [2.05, 4.69) is 15.9 Å². The zero-order valence-corrected chi connectivity index (χ0v) is 19.1. The molecule has 162 valence electrons. The Hall–Kier alpha value is -2.84. The summed E-state index contributed by atoms with van der Waals surface area (Å²) in [5, 5.41) is 10.7. The molecule has 31 heavy (non-hydrogen) atoms. The number of aromatic hydroxyl groups is 1. The molecule has 3 aromatic rings. The van der Waals surface area contributed by atoms with Crippen LogP contribution in [-0.2, 0) is 0 Å². The van der Waals surface area contributed by atoms with E-state index in [1.54, 1.807) is 41.3 Å². The molecule has 0 fully saturated rings. The molecule has 1 aliphatic rings. The molecule has 1 amide bonds. The topological polar surface area (TPSA) is 83.2 Å². The van der Waals surface area contributed by atoms with Gasteiger partial charge < -0.3 is 24.1 Å². The van der Waals surface area contributed by atoms with Gasteiger partial charge in [-0.05, 0) is 72.8 Å². The number of benzene rings is 2. The zero-order chi connectivity index (χ0) is 22.3. The third-order valence-corrected chi connectivity index (χ3v) is 6.07. The van der Waals surface area contributed by atoms with Crippen molar-refractivity contribution in [2.75, 3.05) is 34.3 Å². The van der Waals surface area contributed by atoms with Gasteiger partial charge in [0, 0.05) is 6.54 Å². The maximum absolute atomic E-state index is 13.4. The summed E-state index contributed by atoms with van der Waals surface area (Å²) in [4.78, 5) is 30.5. The Balaban J connectivity index is 1.92. The Bertz CT molecular complexity index is 1220. The molecule has 2 aromatic carbocycles. The van der Waals surface area contributed by atoms with Gasteiger partial charge >= 0.3 is 0 Å². The molecule has 0 saturated heterocycles. The largest absolute Gasteiger partial charge is 0.503 e. The predicted octanol–water partition coefficient (Wildman–Crippen LogP) is 3.77. The molecular formula is C23H23BrN2O5. The highest BCUT2D eigenvalue weighted by Gasteiger charge is 2.42. The van der Waals surface area contributed by atoms with Gasteiger partial charge in [-0.15, -0.1) is 0 Å². The smallest absolute Gasteiger partial charge is 0.290 e. The Morgan fingerprint density at radius 1 is 1.23 bits per heavy atom. The molecule has 0 aliphatic carbocycles. The summed E-state index contributed by atoms with van der Waals surface area (Å²) in [7, 11) is 5.39. The van der Waals surface area contributed by atoms with Crippen LogP contribution in [0.4, 0.5) is 0 Å². The fraction of sp³-hybridized carbons (Fsp3) is 0.304. The number of halogens is 1. The highest BCUT2D eigenvalue weighted by atomic mass is 79.9. The molecule has 2 heterocycles. The molecule has 1 N–H and O–H groups in total. The van der Waals surface area contributed by atoms with Gasteiger partial charge in [0.1, 0.15) is 5.58 Å². The standard InChI is InChI=1S/C23H23BrN2O5/c1-25(2)9-6-10-26-19(13-11-15(24)21(28)17(12-13)30-3)18-20(27)14-7-4-5-8-16(14)31-22(18)23(26)29/h4-5,7-8,11-12,19,28H,6,9-10H2,1-3H3. The number of ether oxygens (including phenoxy) is 1. The van der Waals surface area contributed by atoms with Gasteiger partial charge in [-0.2, -0.15) is 0 Å². The number of methoxy groups -OCH3 is 1. The lowest BCUT2D eigenvalue weighted by Crippen LogP contribution is -2.32. The highest BCUT2D eigenvalue weighted by Crippen LogP contribution is 2.43. The van der Waals surface area contributed by atoms with Crippen LogP contribution in [0.2, 0.25) is 0 Å². The van der Waals surface area contributed by atoms with Crippen LogP contribution in [0.3, 0.4) is 0 Å². The minimum Gasteiger partial charge on any atom is -0.503 e. The molecule has 1 aliphatic heterocycles. The summed E-state index contributed by atoms with van der Waals surface area (Å²) in [6.07, 6.45) is 0.729. The first-order chi connectivity index (χ1) is 14.8. The number of hydrogen-bond donors (Lipinski definition) is 1. The maximum Gasteiger partial charge on any atom is 0.290 e. The van der Waals surface area contributed by atoms with E-state index in [0.29, 0.717) is 33.1 Å². The number of phenols is 1. The highest BCUT2D eigenvalue weighted by molar-refractivity contribution is 9.10. The molecule has 4 rings (SSSR count). The van der Waals surface area contributed by atoms with E-state index >= 15 is 0 Å². The second-order valence-corrected chi connectivity index (χ2v) is 8.64. The van der Waals surface area contributed by atoms with Crippen molar-refractivity contribution in [1.82, 2.24) is 9.80 Å². The minimum atomic E-state index is -0.642. The molecule has 0 saturated carbocycles. The third kappa shape index (κ3) is 3.70. The van der Waals surface area contributed by atoms with Crippen molar-refractivity contribution in [3.05, 3.63) is 68.0 Å². The molecule has 1 unspecified atom stereocenters. The Morgan fingerprint density at radius 3 is 2.68 bits per heavy atom. The molecule has 1 aromatic heterocycles. The van der Waals surface area contributed by atoms with E-state index in [4.69, 9.17) is 9.15 Å². The Morgan fingerprint density at radius 2 is 1.97 bits per heavy atom. The lowest BCUT2D eigenvalue weighted by molar-refractivity contribution is 0.0722. The average molecular weight is 487 g/mol. The zero-order valence-electron chi connectivity index (χ0n) is 17.5. The van der Waals surface area contributed by atoms with Crippen LogP contribution in [0.5, 0.6) is 11.5 Å². The van der Waals surface area contributed by atoms with Crippen molar-refractivity contribution in [2.24, 2.45) is 0 Å². The first kappa shape index (κ1) is 21.4. The van der Waals surface area contributed by atoms with Crippen LogP contribution >= 0.6 is 15.9 Å². The Kier molecular flexibility index (Phi) is 5.77. The van der Waals surface area contributed by atoms with Crippen LogP contribution < -0.4 is 10.2 Å². The number of fused-ring (bicyclic) bond motifs is 2. The average Bonchev–Trinajstić information content (AvgIpc) is 3.02. The lowest BCUT2D eigenvalue weighted by atomic mass is 9.98. The summed E-state index contributed by atoms with van der Waals surface area (Å²) in [5.74, 6) is -0.0318. The van der Waals surface area contributed by atoms with Crippen LogP contribution in [-0.4, -0.2) is 55.1 Å². The van der Waals surface area contributed by atoms with Gasteiger partial charge in [0.15, 0.2) is 16.9 Å². The second-order valence-electron chi connectivity index (χ2n) is 7.78. The lowest BCUT2D eigenvalue weighted by Gasteiger charge is -2.26. The minimum absolute atomic E-state index is 0.0412. The van der Waals surface area contributed by atoms with Gasteiger partial charge in [0.25, 0.3) is 5.91 Å². The fourth-order valence-electron chi connectivity index (χ4n) is 4.01. The first-order valence-electron chi connectivity index (χ1n) is 9.91. The van der Waals surface area contributed by atoms with Crippen molar-refractivity contribution in [1.29, 1.82) is 0 Å². The van der Waals surface area contributed by atoms with Crippen LogP contribution in [0.1, 0.15) is 34.1 Å². The van der Waals surface area contributed by atoms with Gasteiger partial charge in [-0.1, -0.05) is 12.1 Å². The quantitative estimate of drug-likeness (QED) is 0.570. The number of amides is 1. The third-order valence-electron chi connectivity index (χ3n) is 5.46. The van der Waals surface area contributed by atoms with E-state index in [-0.39, 0.29) is 28.6 Å². The van der Waals surface area contributed by atoms with E-state index in [9.17, 15) is 14.7 Å². The normalized spacial score (nSPS) is 15.7. The summed E-state index contributed by atoms with van der Waals surface area (Å²) in [6.45, 7) is 1.24. The molecule has 8 heteroatoms. The van der Waals surface area contributed by atoms with E-state index < -0.39 is 6.04 Å². The SMILES string of the molecule is COc1cc(C2c3c(oc4ccccc4c3=O)C(=O)N2CCCN(C)C)cc(Br)c1O. The number of carbonyl (C=O) groups is 1. The molecular weight excluding hydrogens is 464 g/mol. The van der Waals surface area contributed by atoms with Crippen molar-refractivity contribution < 1.29 is 19.1 Å². The van der Waals surface area contributed by atoms with Gasteiger partial charge in [-0.3, -0.25) is 9.59 Å². The second kappa shape index (κ2) is 8.36. The predicted molar refractivity (Wildman–Crippen MR) is 121 cm³/mol. The van der Waals surface area contributed by atoms with Crippen LogP contribution in [0.25, 0.3) is 11.0 Å². The summed E-state index contributed by atoms with van der Waals surface area (Å²) in [5.41, 5.74) is 1.13. The summed E-state index contributed by atoms with van der Waals surface area (Å²) < 4.78 is 11.6. The van der Waals surface area contributed by atoms with Crippen LogP contribution in [0.15, 0.2) is 50.1 Å². The summed E-state index contributed by atoms with van der Waals surface area (Å²) >= 11 is 3.35. The van der Waals surface area contributed by atoms with Crippen molar-refractivity contribution in [3.8, 4) is 11.5 Å². The van der Waals surface area contributed by atoms with E-state index in [0.717, 1.165) is 13.0 Å². The summed E-state index contributed by atoms with van der Waals surface area (Å²) in [6, 6.07) is 9.65. The Labute approximate surface area is 188 Å². The number of carbonyl (C=O) groups excluding carboxylic acids is 1. The molecule has 0 spiro atoms. The number of para-hydroxylation sites is 1.